The number of amides is 2. The zero-order valence-corrected chi connectivity index (χ0v) is 15.5. The lowest BCUT2D eigenvalue weighted by molar-refractivity contribution is -0.126. The SMILES string of the molecule is CCOc1ccccc1N1CC(C(=O)NCc2nnc3ccccn23)CC1=O. The van der Waals surface area contributed by atoms with E-state index >= 15 is 0 Å². The van der Waals surface area contributed by atoms with Gasteiger partial charge >= 0.3 is 0 Å². The van der Waals surface area contributed by atoms with E-state index in [9.17, 15) is 9.59 Å². The Morgan fingerprint density at radius 3 is 2.89 bits per heavy atom. The summed E-state index contributed by atoms with van der Waals surface area (Å²) in [7, 11) is 0. The van der Waals surface area contributed by atoms with Gasteiger partial charge in [-0.3, -0.25) is 14.0 Å². The van der Waals surface area contributed by atoms with E-state index in [1.807, 2.05) is 60.0 Å². The zero-order valence-electron chi connectivity index (χ0n) is 15.5. The number of carbonyl (C=O) groups is 2. The van der Waals surface area contributed by atoms with Crippen LogP contribution >= 0.6 is 0 Å². The smallest absolute Gasteiger partial charge is 0.227 e. The van der Waals surface area contributed by atoms with Crippen LogP contribution in [0.15, 0.2) is 48.7 Å². The first-order chi connectivity index (χ1) is 13.7. The van der Waals surface area contributed by atoms with Crippen molar-refractivity contribution < 1.29 is 14.3 Å². The summed E-state index contributed by atoms with van der Waals surface area (Å²) in [5, 5.41) is 11.1. The summed E-state index contributed by atoms with van der Waals surface area (Å²) in [6.45, 7) is 2.99. The van der Waals surface area contributed by atoms with Crippen molar-refractivity contribution in [3.63, 3.8) is 0 Å². The van der Waals surface area contributed by atoms with Gasteiger partial charge in [0.25, 0.3) is 0 Å². The largest absolute Gasteiger partial charge is 0.492 e. The molecule has 0 saturated carbocycles. The Morgan fingerprint density at radius 1 is 1.21 bits per heavy atom. The normalized spacial score (nSPS) is 16.5. The van der Waals surface area contributed by atoms with Gasteiger partial charge < -0.3 is 15.0 Å². The van der Waals surface area contributed by atoms with Gasteiger partial charge in [0, 0.05) is 19.2 Å². The Morgan fingerprint density at radius 2 is 2.04 bits per heavy atom. The Labute approximate surface area is 162 Å². The first-order valence-corrected chi connectivity index (χ1v) is 9.26. The minimum atomic E-state index is -0.415. The highest BCUT2D eigenvalue weighted by atomic mass is 16.5. The predicted molar refractivity (Wildman–Crippen MR) is 103 cm³/mol. The molecule has 1 aromatic carbocycles. The molecule has 1 fully saturated rings. The Kier molecular flexibility index (Phi) is 4.92. The standard InChI is InChI=1S/C20H21N5O3/c1-2-28-16-8-4-3-7-15(16)25-13-14(11-19(25)26)20(27)21-12-18-23-22-17-9-5-6-10-24(17)18/h3-10,14H,2,11-13H2,1H3,(H,21,27). The molecule has 28 heavy (non-hydrogen) atoms. The van der Waals surface area contributed by atoms with Gasteiger partial charge in [0.1, 0.15) is 5.75 Å². The molecule has 144 valence electrons. The van der Waals surface area contributed by atoms with E-state index in [0.29, 0.717) is 30.4 Å². The van der Waals surface area contributed by atoms with Crippen LogP contribution in [0.5, 0.6) is 5.75 Å². The number of pyridine rings is 1. The molecule has 4 rings (SSSR count). The number of para-hydroxylation sites is 2. The van der Waals surface area contributed by atoms with Crippen molar-refractivity contribution in [1.82, 2.24) is 19.9 Å². The molecule has 0 radical (unpaired) electrons. The number of fused-ring (bicyclic) bond motifs is 1. The third-order valence-corrected chi connectivity index (χ3v) is 4.76. The van der Waals surface area contributed by atoms with Crippen LogP contribution in [0.25, 0.3) is 5.65 Å². The number of aromatic nitrogens is 3. The minimum absolute atomic E-state index is 0.0831. The number of rotatable bonds is 6. The van der Waals surface area contributed by atoms with E-state index in [-0.39, 0.29) is 24.8 Å². The molecular formula is C20H21N5O3. The average Bonchev–Trinajstić information content (AvgIpc) is 3.30. The molecule has 3 heterocycles. The van der Waals surface area contributed by atoms with Crippen molar-refractivity contribution in [3.8, 4) is 5.75 Å². The number of benzene rings is 1. The maximum absolute atomic E-state index is 12.6. The van der Waals surface area contributed by atoms with Gasteiger partial charge in [0.2, 0.25) is 11.8 Å². The minimum Gasteiger partial charge on any atom is -0.492 e. The highest BCUT2D eigenvalue weighted by molar-refractivity contribution is 6.01. The monoisotopic (exact) mass is 379 g/mol. The second-order valence-corrected chi connectivity index (χ2v) is 6.57. The molecule has 2 aromatic heterocycles. The number of carbonyl (C=O) groups excluding carboxylic acids is 2. The van der Waals surface area contributed by atoms with Crippen molar-refractivity contribution in [1.29, 1.82) is 0 Å². The number of ether oxygens (including phenoxy) is 1. The van der Waals surface area contributed by atoms with Crippen LogP contribution < -0.4 is 15.0 Å². The molecule has 3 aromatic rings. The topological polar surface area (TPSA) is 88.8 Å². The number of nitrogens with zero attached hydrogens (tertiary/aromatic N) is 4. The molecule has 1 saturated heterocycles. The molecular weight excluding hydrogens is 358 g/mol. The Balaban J connectivity index is 1.43. The van der Waals surface area contributed by atoms with E-state index < -0.39 is 5.92 Å². The fourth-order valence-electron chi connectivity index (χ4n) is 3.40. The third kappa shape index (κ3) is 3.40. The van der Waals surface area contributed by atoms with E-state index in [2.05, 4.69) is 15.5 Å². The number of hydrogen-bond donors (Lipinski definition) is 1. The predicted octanol–water partition coefficient (Wildman–Crippen LogP) is 1.80. The third-order valence-electron chi connectivity index (χ3n) is 4.76. The highest BCUT2D eigenvalue weighted by Crippen LogP contribution is 2.33. The van der Waals surface area contributed by atoms with Crippen LogP contribution in [0.2, 0.25) is 0 Å². The lowest BCUT2D eigenvalue weighted by Crippen LogP contribution is -2.33. The maximum Gasteiger partial charge on any atom is 0.227 e. The average molecular weight is 379 g/mol. The van der Waals surface area contributed by atoms with Crippen LogP contribution in [0.3, 0.4) is 0 Å². The van der Waals surface area contributed by atoms with Crippen molar-refractivity contribution in [2.45, 2.75) is 19.9 Å². The fraction of sp³-hybridized carbons (Fsp3) is 0.300. The molecule has 0 spiro atoms. The molecule has 2 amide bonds. The van der Waals surface area contributed by atoms with E-state index in [0.717, 1.165) is 5.65 Å². The van der Waals surface area contributed by atoms with Crippen LogP contribution in [-0.4, -0.2) is 39.6 Å². The first kappa shape index (κ1) is 18.0. The van der Waals surface area contributed by atoms with Crippen molar-refractivity contribution >= 4 is 23.1 Å². The summed E-state index contributed by atoms with van der Waals surface area (Å²) in [4.78, 5) is 26.8. The first-order valence-electron chi connectivity index (χ1n) is 9.26. The maximum atomic E-state index is 12.6. The van der Waals surface area contributed by atoms with Gasteiger partial charge in [-0.05, 0) is 31.2 Å². The lowest BCUT2D eigenvalue weighted by atomic mass is 10.1. The van der Waals surface area contributed by atoms with Gasteiger partial charge in [-0.15, -0.1) is 10.2 Å². The van der Waals surface area contributed by atoms with Gasteiger partial charge in [-0.1, -0.05) is 18.2 Å². The zero-order chi connectivity index (χ0) is 19.5. The number of nitrogens with one attached hydrogen (secondary N) is 1. The van der Waals surface area contributed by atoms with Crippen molar-refractivity contribution in [3.05, 3.63) is 54.5 Å². The molecule has 1 N–H and O–H groups in total. The van der Waals surface area contributed by atoms with Crippen molar-refractivity contribution in [2.24, 2.45) is 5.92 Å². The Hall–Kier alpha value is -3.42. The fourth-order valence-corrected chi connectivity index (χ4v) is 3.40. The molecule has 8 nitrogen and oxygen atoms in total. The summed E-state index contributed by atoms with van der Waals surface area (Å²) in [6, 6.07) is 13.0. The summed E-state index contributed by atoms with van der Waals surface area (Å²) < 4.78 is 7.44. The molecule has 1 atom stereocenters. The molecule has 1 unspecified atom stereocenters. The summed E-state index contributed by atoms with van der Waals surface area (Å²) in [5.74, 6) is 0.625. The molecule has 0 bridgehead atoms. The highest BCUT2D eigenvalue weighted by Gasteiger charge is 2.36. The van der Waals surface area contributed by atoms with E-state index in [4.69, 9.17) is 4.74 Å². The molecule has 8 heteroatoms. The second-order valence-electron chi connectivity index (χ2n) is 6.57. The summed E-state index contributed by atoms with van der Waals surface area (Å²) in [6.07, 6.45) is 2.02. The lowest BCUT2D eigenvalue weighted by Gasteiger charge is -2.20. The second kappa shape index (κ2) is 7.67. The Bertz CT molecular complexity index is 1020. The van der Waals surface area contributed by atoms with Gasteiger partial charge in [0.15, 0.2) is 11.5 Å². The number of hydrogen-bond acceptors (Lipinski definition) is 5. The van der Waals surface area contributed by atoms with Crippen molar-refractivity contribution in [2.75, 3.05) is 18.1 Å². The van der Waals surface area contributed by atoms with Crippen LogP contribution in [0, 0.1) is 5.92 Å². The summed E-state index contributed by atoms with van der Waals surface area (Å²) >= 11 is 0. The van der Waals surface area contributed by atoms with Crippen LogP contribution in [0.1, 0.15) is 19.2 Å². The summed E-state index contributed by atoms with van der Waals surface area (Å²) in [5.41, 5.74) is 1.43. The molecule has 1 aliphatic rings. The quantitative estimate of drug-likeness (QED) is 0.705. The van der Waals surface area contributed by atoms with Crippen LogP contribution in [-0.2, 0) is 16.1 Å². The molecule has 1 aliphatic heterocycles. The van der Waals surface area contributed by atoms with Gasteiger partial charge in [-0.25, -0.2) is 0 Å². The van der Waals surface area contributed by atoms with Gasteiger partial charge in [0.05, 0.1) is 24.8 Å². The van der Waals surface area contributed by atoms with Crippen LogP contribution in [0.4, 0.5) is 5.69 Å². The number of anilines is 1. The van der Waals surface area contributed by atoms with E-state index in [1.54, 1.807) is 4.90 Å². The van der Waals surface area contributed by atoms with Gasteiger partial charge in [-0.2, -0.15) is 0 Å². The van der Waals surface area contributed by atoms with E-state index in [1.165, 1.54) is 0 Å². The molecule has 0 aliphatic carbocycles.